The van der Waals surface area contributed by atoms with Crippen molar-refractivity contribution in [1.82, 2.24) is 5.01 Å². The van der Waals surface area contributed by atoms with Crippen LogP contribution in [0.4, 0.5) is 10.1 Å². The number of sulfonamides is 1. The zero-order chi connectivity index (χ0) is 19.6. The van der Waals surface area contributed by atoms with Gasteiger partial charge in [0.15, 0.2) is 0 Å². The van der Waals surface area contributed by atoms with Crippen molar-refractivity contribution in [2.75, 3.05) is 11.0 Å². The van der Waals surface area contributed by atoms with E-state index in [0.29, 0.717) is 28.9 Å². The molecule has 27 heavy (non-hydrogen) atoms. The van der Waals surface area contributed by atoms with Gasteiger partial charge in [-0.3, -0.25) is 9.52 Å². The molecule has 0 aliphatic carbocycles. The second-order valence-electron chi connectivity index (χ2n) is 6.37. The van der Waals surface area contributed by atoms with Crippen LogP contribution < -0.4 is 4.72 Å². The minimum Gasteiger partial charge on any atom is -0.284 e. The number of anilines is 1. The first-order valence-corrected chi connectivity index (χ1v) is 10.4. The SMILES string of the molecule is CCC(=O)N1N=C(c2cccc(NS(C)(=O)=O)c2)C[C@@H]1c1cccc(F)c1. The van der Waals surface area contributed by atoms with E-state index in [1.165, 1.54) is 17.1 Å². The van der Waals surface area contributed by atoms with Crippen LogP contribution in [0.5, 0.6) is 0 Å². The number of halogens is 1. The molecule has 3 rings (SSSR count). The molecule has 0 saturated carbocycles. The van der Waals surface area contributed by atoms with E-state index in [0.717, 1.165) is 6.26 Å². The fourth-order valence-electron chi connectivity index (χ4n) is 3.03. The second kappa shape index (κ2) is 7.48. The van der Waals surface area contributed by atoms with Gasteiger partial charge in [0.05, 0.1) is 18.0 Å². The van der Waals surface area contributed by atoms with Gasteiger partial charge in [-0.15, -0.1) is 0 Å². The lowest BCUT2D eigenvalue weighted by molar-refractivity contribution is -0.132. The molecule has 1 aliphatic heterocycles. The molecule has 0 spiro atoms. The highest BCUT2D eigenvalue weighted by molar-refractivity contribution is 7.92. The number of carbonyl (C=O) groups is 1. The van der Waals surface area contributed by atoms with Crippen molar-refractivity contribution in [3.8, 4) is 0 Å². The van der Waals surface area contributed by atoms with Gasteiger partial charge in [-0.1, -0.05) is 31.2 Å². The van der Waals surface area contributed by atoms with Crippen molar-refractivity contribution >= 4 is 27.3 Å². The molecule has 0 radical (unpaired) electrons. The molecule has 0 unspecified atom stereocenters. The van der Waals surface area contributed by atoms with E-state index in [1.807, 2.05) is 0 Å². The van der Waals surface area contributed by atoms with Crippen LogP contribution in [0.2, 0.25) is 0 Å². The van der Waals surface area contributed by atoms with Gasteiger partial charge in [0.1, 0.15) is 5.82 Å². The van der Waals surface area contributed by atoms with Gasteiger partial charge < -0.3 is 0 Å². The van der Waals surface area contributed by atoms with Gasteiger partial charge in [-0.05, 0) is 35.4 Å². The summed E-state index contributed by atoms with van der Waals surface area (Å²) < 4.78 is 39.0. The number of nitrogens with zero attached hydrogens (tertiary/aromatic N) is 2. The largest absolute Gasteiger partial charge is 0.284 e. The van der Waals surface area contributed by atoms with E-state index < -0.39 is 16.1 Å². The molecule has 0 fully saturated rings. The van der Waals surface area contributed by atoms with Crippen molar-refractivity contribution < 1.29 is 17.6 Å². The van der Waals surface area contributed by atoms with E-state index in [2.05, 4.69) is 9.82 Å². The Bertz CT molecular complexity index is 1000. The maximum absolute atomic E-state index is 13.7. The highest BCUT2D eigenvalue weighted by Gasteiger charge is 2.32. The second-order valence-corrected chi connectivity index (χ2v) is 8.12. The predicted molar refractivity (Wildman–Crippen MR) is 102 cm³/mol. The van der Waals surface area contributed by atoms with Crippen LogP contribution in [0.25, 0.3) is 0 Å². The first-order valence-electron chi connectivity index (χ1n) is 8.50. The first-order chi connectivity index (χ1) is 12.8. The Balaban J connectivity index is 1.95. The molecule has 1 N–H and O–H groups in total. The summed E-state index contributed by atoms with van der Waals surface area (Å²) in [6.45, 7) is 1.75. The number of benzene rings is 2. The van der Waals surface area contributed by atoms with Crippen LogP contribution in [-0.2, 0) is 14.8 Å². The van der Waals surface area contributed by atoms with Crippen molar-refractivity contribution in [3.05, 3.63) is 65.5 Å². The summed E-state index contributed by atoms with van der Waals surface area (Å²) in [6.07, 6.45) is 1.77. The lowest BCUT2D eigenvalue weighted by atomic mass is 9.98. The normalized spacial score (nSPS) is 16.9. The van der Waals surface area contributed by atoms with Crippen molar-refractivity contribution in [2.24, 2.45) is 5.10 Å². The number of hydrogen-bond donors (Lipinski definition) is 1. The molecule has 1 heterocycles. The Kier molecular flexibility index (Phi) is 5.27. The van der Waals surface area contributed by atoms with Gasteiger partial charge in [0.2, 0.25) is 15.9 Å². The van der Waals surface area contributed by atoms with Crippen LogP contribution in [0.3, 0.4) is 0 Å². The molecule has 2 aromatic rings. The van der Waals surface area contributed by atoms with E-state index in [-0.39, 0.29) is 18.1 Å². The highest BCUT2D eigenvalue weighted by atomic mass is 32.2. The molecule has 0 bridgehead atoms. The Hall–Kier alpha value is -2.74. The molecule has 1 atom stereocenters. The van der Waals surface area contributed by atoms with E-state index in [4.69, 9.17) is 0 Å². The minimum atomic E-state index is -3.40. The fraction of sp³-hybridized carbons (Fsp3) is 0.263. The fourth-order valence-corrected chi connectivity index (χ4v) is 3.58. The molecule has 142 valence electrons. The zero-order valence-corrected chi connectivity index (χ0v) is 15.8. The number of rotatable bonds is 5. The minimum absolute atomic E-state index is 0.162. The molecule has 8 heteroatoms. The van der Waals surface area contributed by atoms with Crippen LogP contribution >= 0.6 is 0 Å². The van der Waals surface area contributed by atoms with Gasteiger partial charge in [0.25, 0.3) is 0 Å². The summed E-state index contributed by atoms with van der Waals surface area (Å²) in [6, 6.07) is 12.6. The summed E-state index contributed by atoms with van der Waals surface area (Å²) in [5.74, 6) is -0.533. The molecule has 1 aliphatic rings. The maximum Gasteiger partial charge on any atom is 0.242 e. The average Bonchev–Trinajstić information content (AvgIpc) is 3.05. The standard InChI is InChI=1S/C19H20FN3O3S/c1-3-19(24)23-18(14-7-4-8-15(20)10-14)12-17(21-23)13-6-5-9-16(11-13)22-27(2,25)26/h4-11,18,22H,3,12H2,1-2H3/t18-/m1/s1. The topological polar surface area (TPSA) is 78.8 Å². The molecular weight excluding hydrogens is 369 g/mol. The summed E-state index contributed by atoms with van der Waals surface area (Å²) in [5.41, 5.74) is 2.43. The first kappa shape index (κ1) is 19.0. The van der Waals surface area contributed by atoms with Gasteiger partial charge >= 0.3 is 0 Å². The molecular formula is C19H20FN3O3S. The molecule has 1 amide bonds. The number of amides is 1. The van der Waals surface area contributed by atoms with E-state index in [9.17, 15) is 17.6 Å². The van der Waals surface area contributed by atoms with Gasteiger partial charge in [-0.2, -0.15) is 5.10 Å². The Morgan fingerprint density at radius 3 is 2.67 bits per heavy atom. The van der Waals surface area contributed by atoms with Crippen LogP contribution in [-0.4, -0.2) is 31.3 Å². The van der Waals surface area contributed by atoms with Crippen LogP contribution in [0, 0.1) is 5.82 Å². The summed E-state index contributed by atoms with van der Waals surface area (Å²) in [7, 11) is -3.40. The smallest absolute Gasteiger partial charge is 0.242 e. The third-order valence-corrected chi connectivity index (χ3v) is 4.81. The third kappa shape index (κ3) is 4.51. The quantitative estimate of drug-likeness (QED) is 0.852. The molecule has 6 nitrogen and oxygen atoms in total. The Morgan fingerprint density at radius 2 is 2.00 bits per heavy atom. The van der Waals surface area contributed by atoms with Crippen molar-refractivity contribution in [2.45, 2.75) is 25.8 Å². The average molecular weight is 389 g/mol. The summed E-state index contributed by atoms with van der Waals surface area (Å²) >= 11 is 0. The summed E-state index contributed by atoms with van der Waals surface area (Å²) in [4.78, 5) is 12.3. The maximum atomic E-state index is 13.7. The third-order valence-electron chi connectivity index (χ3n) is 4.20. The van der Waals surface area contributed by atoms with E-state index >= 15 is 0 Å². The van der Waals surface area contributed by atoms with Crippen molar-refractivity contribution in [1.29, 1.82) is 0 Å². The number of hydrogen-bond acceptors (Lipinski definition) is 4. The molecule has 0 saturated heterocycles. The molecule has 2 aromatic carbocycles. The van der Waals surface area contributed by atoms with Crippen LogP contribution in [0.1, 0.15) is 36.9 Å². The highest BCUT2D eigenvalue weighted by Crippen LogP contribution is 2.33. The Labute approximate surface area is 157 Å². The number of carbonyl (C=O) groups excluding carboxylic acids is 1. The zero-order valence-electron chi connectivity index (χ0n) is 15.0. The Morgan fingerprint density at radius 1 is 1.26 bits per heavy atom. The predicted octanol–water partition coefficient (Wildman–Crippen LogP) is 3.28. The summed E-state index contributed by atoms with van der Waals surface area (Å²) in [5, 5.41) is 5.84. The number of hydrazone groups is 1. The van der Waals surface area contributed by atoms with Crippen LogP contribution in [0.15, 0.2) is 53.6 Å². The lowest BCUT2D eigenvalue weighted by Crippen LogP contribution is -2.26. The van der Waals surface area contributed by atoms with Crippen molar-refractivity contribution in [3.63, 3.8) is 0 Å². The van der Waals surface area contributed by atoms with Gasteiger partial charge in [0, 0.05) is 18.5 Å². The number of nitrogens with one attached hydrogen (secondary N) is 1. The monoisotopic (exact) mass is 389 g/mol. The van der Waals surface area contributed by atoms with Gasteiger partial charge in [-0.25, -0.2) is 17.8 Å². The molecule has 0 aromatic heterocycles. The lowest BCUT2D eigenvalue weighted by Gasteiger charge is -2.21. The van der Waals surface area contributed by atoms with E-state index in [1.54, 1.807) is 43.3 Å².